The Kier molecular flexibility index (Phi) is 3.47. The van der Waals surface area contributed by atoms with Gasteiger partial charge in [-0.1, -0.05) is 42.5 Å². The summed E-state index contributed by atoms with van der Waals surface area (Å²) in [5.74, 6) is 0.620. The molecule has 110 valence electrons. The summed E-state index contributed by atoms with van der Waals surface area (Å²) >= 11 is 1.87. The Bertz CT molecular complexity index is 830. The number of anilines is 1. The number of hydrogen-bond donors (Lipinski definition) is 1. The highest BCUT2D eigenvalue weighted by atomic mass is 32.1. The van der Waals surface area contributed by atoms with Crippen LogP contribution in [0, 0.1) is 0 Å². The zero-order chi connectivity index (χ0) is 14.9. The van der Waals surface area contributed by atoms with E-state index in [-0.39, 0.29) is 0 Å². The summed E-state index contributed by atoms with van der Waals surface area (Å²) in [6, 6.07) is 17.2. The van der Waals surface area contributed by atoms with E-state index in [1.54, 1.807) is 0 Å². The summed E-state index contributed by atoms with van der Waals surface area (Å²) in [4.78, 5) is 1.41. The summed E-state index contributed by atoms with van der Waals surface area (Å²) in [7, 11) is 0. The van der Waals surface area contributed by atoms with E-state index in [0.717, 1.165) is 18.5 Å². The van der Waals surface area contributed by atoms with Crippen molar-refractivity contribution in [3.05, 3.63) is 70.6 Å². The highest BCUT2D eigenvalue weighted by molar-refractivity contribution is 7.20. The fourth-order valence-corrected chi connectivity index (χ4v) is 4.61. The third kappa shape index (κ3) is 2.44. The molecule has 1 nitrogen and oxygen atoms in total. The van der Waals surface area contributed by atoms with Crippen LogP contribution in [0.1, 0.15) is 34.8 Å². The smallest absolute Gasteiger partial charge is 0.0372 e. The molecule has 1 aromatic heterocycles. The van der Waals surface area contributed by atoms with Gasteiger partial charge in [-0.3, -0.25) is 0 Å². The molecule has 0 fully saturated rings. The third-order valence-corrected chi connectivity index (χ3v) is 5.71. The minimum Gasteiger partial charge on any atom is -0.399 e. The van der Waals surface area contributed by atoms with E-state index in [1.807, 2.05) is 17.4 Å². The second kappa shape index (κ2) is 5.62. The molecule has 0 radical (unpaired) electrons. The number of aryl methyl sites for hydroxylation is 1. The van der Waals surface area contributed by atoms with Crippen molar-refractivity contribution in [3.63, 3.8) is 0 Å². The zero-order valence-corrected chi connectivity index (χ0v) is 13.3. The first kappa shape index (κ1) is 13.6. The zero-order valence-electron chi connectivity index (χ0n) is 12.5. The van der Waals surface area contributed by atoms with Gasteiger partial charge >= 0.3 is 0 Å². The van der Waals surface area contributed by atoms with E-state index in [4.69, 9.17) is 5.73 Å². The second-order valence-corrected chi connectivity index (χ2v) is 7.07. The summed E-state index contributed by atoms with van der Waals surface area (Å²) < 4.78 is 1.31. The number of hydrogen-bond acceptors (Lipinski definition) is 2. The maximum absolute atomic E-state index is 5.93. The average Bonchev–Trinajstić information content (AvgIpc) is 2.84. The molecule has 22 heavy (non-hydrogen) atoms. The van der Waals surface area contributed by atoms with E-state index in [0.29, 0.717) is 5.92 Å². The van der Waals surface area contributed by atoms with Crippen molar-refractivity contribution in [2.24, 2.45) is 0 Å². The van der Waals surface area contributed by atoms with Crippen LogP contribution >= 0.6 is 11.3 Å². The molecule has 1 atom stereocenters. The molecule has 0 amide bonds. The summed E-state index contributed by atoms with van der Waals surface area (Å²) in [5.41, 5.74) is 9.74. The van der Waals surface area contributed by atoms with Gasteiger partial charge in [-0.2, -0.15) is 0 Å². The van der Waals surface area contributed by atoms with Gasteiger partial charge in [0.05, 0.1) is 0 Å². The Morgan fingerprint density at radius 1 is 1.05 bits per heavy atom. The van der Waals surface area contributed by atoms with Gasteiger partial charge in [-0.05, 0) is 59.9 Å². The van der Waals surface area contributed by atoms with Crippen LogP contribution in [0.2, 0.25) is 0 Å². The van der Waals surface area contributed by atoms with E-state index in [1.165, 1.54) is 32.5 Å². The first-order chi connectivity index (χ1) is 10.8. The lowest BCUT2D eigenvalue weighted by Crippen LogP contribution is -2.02. The maximum Gasteiger partial charge on any atom is 0.0372 e. The molecule has 2 heteroatoms. The Hall–Kier alpha value is -2.06. The van der Waals surface area contributed by atoms with Crippen molar-refractivity contribution in [2.75, 3.05) is 5.73 Å². The molecule has 0 bridgehead atoms. The van der Waals surface area contributed by atoms with Crippen molar-refractivity contribution >= 4 is 33.2 Å². The lowest BCUT2D eigenvalue weighted by atomic mass is 9.87. The average molecular weight is 305 g/mol. The van der Waals surface area contributed by atoms with Crippen LogP contribution in [-0.4, -0.2) is 0 Å². The largest absolute Gasteiger partial charge is 0.399 e. The maximum atomic E-state index is 5.93. The molecule has 0 saturated heterocycles. The van der Waals surface area contributed by atoms with Crippen LogP contribution in [0.25, 0.3) is 16.2 Å². The van der Waals surface area contributed by atoms with E-state index in [9.17, 15) is 0 Å². The van der Waals surface area contributed by atoms with Gasteiger partial charge in [0, 0.05) is 15.3 Å². The van der Waals surface area contributed by atoms with E-state index < -0.39 is 0 Å². The van der Waals surface area contributed by atoms with Gasteiger partial charge in [0.15, 0.2) is 0 Å². The number of nitrogen functional groups attached to an aromatic ring is 1. The SMILES string of the molecule is Nc1ccc2c3c(sc2c1)/C=C\CC(c1ccccc1)CC3. The topological polar surface area (TPSA) is 26.0 Å². The van der Waals surface area contributed by atoms with Crippen LogP contribution in [0.4, 0.5) is 5.69 Å². The first-order valence-corrected chi connectivity index (χ1v) is 8.65. The Morgan fingerprint density at radius 3 is 2.77 bits per heavy atom. The fourth-order valence-electron chi connectivity index (χ4n) is 3.38. The molecule has 2 aromatic carbocycles. The Balaban J connectivity index is 1.71. The van der Waals surface area contributed by atoms with Crippen LogP contribution in [0.15, 0.2) is 54.6 Å². The molecule has 2 N–H and O–H groups in total. The second-order valence-electron chi connectivity index (χ2n) is 5.98. The molecular formula is C20H19NS. The van der Waals surface area contributed by atoms with Crippen molar-refractivity contribution < 1.29 is 0 Å². The van der Waals surface area contributed by atoms with Crippen molar-refractivity contribution in [1.82, 2.24) is 0 Å². The minimum absolute atomic E-state index is 0.620. The van der Waals surface area contributed by atoms with Gasteiger partial charge in [-0.25, -0.2) is 0 Å². The number of allylic oxidation sites excluding steroid dienone is 1. The highest BCUT2D eigenvalue weighted by Crippen LogP contribution is 2.38. The predicted molar refractivity (Wildman–Crippen MR) is 97.4 cm³/mol. The quantitative estimate of drug-likeness (QED) is 0.580. The summed E-state index contributed by atoms with van der Waals surface area (Å²) in [6.07, 6.45) is 8.13. The molecule has 0 spiro atoms. The summed E-state index contributed by atoms with van der Waals surface area (Å²) in [5, 5.41) is 1.38. The van der Waals surface area contributed by atoms with Crippen molar-refractivity contribution in [3.8, 4) is 0 Å². The molecular weight excluding hydrogens is 286 g/mol. The number of rotatable bonds is 1. The Morgan fingerprint density at radius 2 is 1.91 bits per heavy atom. The molecule has 3 aromatic rings. The third-order valence-electron chi connectivity index (χ3n) is 4.55. The predicted octanol–water partition coefficient (Wildman–Crippen LogP) is 5.62. The molecule has 4 rings (SSSR count). The number of fused-ring (bicyclic) bond motifs is 3. The van der Waals surface area contributed by atoms with Crippen molar-refractivity contribution in [2.45, 2.75) is 25.2 Å². The van der Waals surface area contributed by atoms with Gasteiger partial charge < -0.3 is 5.73 Å². The molecule has 1 aliphatic carbocycles. The van der Waals surface area contributed by atoms with Crippen LogP contribution in [0.5, 0.6) is 0 Å². The standard InChI is InChI=1S/C20H19NS/c21-16-10-12-18-17-11-9-15(14-5-2-1-3-6-14)7-4-8-19(17)22-20(18)13-16/h1-6,8,10,12-13,15H,7,9,11,21H2/b8-4-. The number of thiophene rings is 1. The van der Waals surface area contributed by atoms with Crippen molar-refractivity contribution in [1.29, 1.82) is 0 Å². The van der Waals surface area contributed by atoms with Gasteiger partial charge in [0.2, 0.25) is 0 Å². The van der Waals surface area contributed by atoms with Gasteiger partial charge in [-0.15, -0.1) is 11.3 Å². The van der Waals surface area contributed by atoms with Crippen LogP contribution in [0.3, 0.4) is 0 Å². The summed E-state index contributed by atoms with van der Waals surface area (Å²) in [6.45, 7) is 0. The van der Waals surface area contributed by atoms with Crippen LogP contribution < -0.4 is 5.73 Å². The highest BCUT2D eigenvalue weighted by Gasteiger charge is 2.17. The number of benzene rings is 2. The molecule has 0 saturated carbocycles. The van der Waals surface area contributed by atoms with Crippen LogP contribution in [-0.2, 0) is 6.42 Å². The number of nitrogens with two attached hydrogens (primary N) is 1. The van der Waals surface area contributed by atoms with Gasteiger partial charge in [0.25, 0.3) is 0 Å². The molecule has 0 aliphatic heterocycles. The Labute approximate surface area is 135 Å². The normalized spacial score (nSPS) is 19.4. The minimum atomic E-state index is 0.620. The lowest BCUT2D eigenvalue weighted by molar-refractivity contribution is 0.632. The van der Waals surface area contributed by atoms with E-state index >= 15 is 0 Å². The van der Waals surface area contributed by atoms with Gasteiger partial charge in [0.1, 0.15) is 0 Å². The molecule has 1 aliphatic rings. The molecule has 1 heterocycles. The lowest BCUT2D eigenvalue weighted by Gasteiger charge is -2.17. The monoisotopic (exact) mass is 305 g/mol. The van der Waals surface area contributed by atoms with E-state index in [2.05, 4.69) is 54.6 Å². The first-order valence-electron chi connectivity index (χ1n) is 7.83. The fraction of sp³-hybridized carbons (Fsp3) is 0.200. The molecule has 1 unspecified atom stereocenters.